The van der Waals surface area contributed by atoms with Crippen LogP contribution in [0.3, 0.4) is 0 Å². The van der Waals surface area contributed by atoms with Crippen LogP contribution in [0.25, 0.3) is 0 Å². The van der Waals surface area contributed by atoms with Gasteiger partial charge in [0.2, 0.25) is 0 Å². The maximum Gasteiger partial charge on any atom is 0.407 e. The monoisotopic (exact) mass is 437 g/mol. The third-order valence-electron chi connectivity index (χ3n) is 4.81. The Bertz CT molecular complexity index is 740. The van der Waals surface area contributed by atoms with Crippen molar-refractivity contribution in [1.82, 2.24) is 30.7 Å². The van der Waals surface area contributed by atoms with Gasteiger partial charge in [-0.25, -0.2) is 14.5 Å². The van der Waals surface area contributed by atoms with Crippen LogP contribution >= 0.6 is 0 Å². The van der Waals surface area contributed by atoms with E-state index >= 15 is 0 Å². The zero-order valence-corrected chi connectivity index (χ0v) is 20.0. The van der Waals surface area contributed by atoms with Crippen LogP contribution in [0.1, 0.15) is 59.6 Å². The summed E-state index contributed by atoms with van der Waals surface area (Å²) in [5.41, 5.74) is -0.532. The molecule has 0 saturated heterocycles. The van der Waals surface area contributed by atoms with Crippen molar-refractivity contribution in [2.75, 3.05) is 20.2 Å². The topological polar surface area (TPSA) is 115 Å². The van der Waals surface area contributed by atoms with Crippen molar-refractivity contribution >= 4 is 12.1 Å². The minimum atomic E-state index is -0.532. The number of amides is 1. The molecule has 1 aromatic heterocycles. The Morgan fingerprint density at radius 3 is 2.71 bits per heavy atom. The first-order chi connectivity index (χ1) is 14.6. The second-order valence-electron chi connectivity index (χ2n) is 9.16. The predicted octanol–water partition coefficient (Wildman–Crippen LogP) is 1.84. The summed E-state index contributed by atoms with van der Waals surface area (Å²) < 4.78 is 12.5. The van der Waals surface area contributed by atoms with E-state index in [1.165, 1.54) is 0 Å². The molecule has 10 heteroatoms. The van der Waals surface area contributed by atoms with Gasteiger partial charge in [0.25, 0.3) is 0 Å². The summed E-state index contributed by atoms with van der Waals surface area (Å²) in [7, 11) is 1.64. The number of guanidine groups is 1. The lowest BCUT2D eigenvalue weighted by atomic mass is 10.1. The number of hydrogen-bond donors (Lipinski definition) is 3. The molecular weight excluding hydrogens is 398 g/mol. The quantitative estimate of drug-likeness (QED) is 0.420. The number of methoxy groups -OCH3 is 1. The molecule has 1 amide bonds. The van der Waals surface area contributed by atoms with E-state index in [1.807, 2.05) is 32.4 Å². The van der Waals surface area contributed by atoms with Crippen LogP contribution in [-0.4, -0.2) is 64.7 Å². The van der Waals surface area contributed by atoms with Gasteiger partial charge < -0.3 is 25.4 Å². The van der Waals surface area contributed by atoms with Crippen LogP contribution < -0.4 is 16.0 Å². The second-order valence-corrected chi connectivity index (χ2v) is 9.16. The van der Waals surface area contributed by atoms with E-state index < -0.39 is 11.7 Å². The Morgan fingerprint density at radius 2 is 2.10 bits per heavy atom. The van der Waals surface area contributed by atoms with Gasteiger partial charge in [-0.05, 0) is 40.0 Å². The number of aryl methyl sites for hydroxylation is 1. The predicted molar refractivity (Wildman–Crippen MR) is 120 cm³/mol. The van der Waals surface area contributed by atoms with E-state index in [1.54, 1.807) is 7.11 Å². The minimum absolute atomic E-state index is 0.129. The van der Waals surface area contributed by atoms with Crippen molar-refractivity contribution in [2.24, 2.45) is 10.9 Å². The number of rotatable bonds is 8. The molecule has 0 fully saturated rings. The van der Waals surface area contributed by atoms with Crippen LogP contribution in [0.4, 0.5) is 4.79 Å². The lowest BCUT2D eigenvalue weighted by Gasteiger charge is -2.27. The average molecular weight is 438 g/mol. The Kier molecular flexibility index (Phi) is 9.09. The Morgan fingerprint density at radius 1 is 1.35 bits per heavy atom. The molecule has 2 heterocycles. The van der Waals surface area contributed by atoms with Gasteiger partial charge in [-0.15, -0.1) is 0 Å². The number of nitrogens with one attached hydrogen (secondary N) is 3. The molecule has 0 bridgehead atoms. The minimum Gasteiger partial charge on any atom is -0.444 e. The average Bonchev–Trinajstić information content (AvgIpc) is 3.05. The van der Waals surface area contributed by atoms with Crippen molar-refractivity contribution < 1.29 is 14.3 Å². The van der Waals surface area contributed by atoms with Crippen molar-refractivity contribution in [2.45, 2.75) is 85.2 Å². The van der Waals surface area contributed by atoms with E-state index in [-0.39, 0.29) is 18.0 Å². The molecule has 1 aromatic rings. The van der Waals surface area contributed by atoms with Crippen molar-refractivity contribution in [1.29, 1.82) is 0 Å². The number of carbonyl (C=O) groups is 1. The lowest BCUT2D eigenvalue weighted by molar-refractivity contribution is 0.0493. The normalized spacial score (nSPS) is 17.8. The van der Waals surface area contributed by atoms with E-state index in [0.29, 0.717) is 19.0 Å². The number of aliphatic imine (C=N–C) groups is 1. The number of alkyl carbamates (subject to hydrolysis) is 1. The van der Waals surface area contributed by atoms with Crippen molar-refractivity contribution in [3.63, 3.8) is 0 Å². The fourth-order valence-corrected chi connectivity index (χ4v) is 3.25. The van der Waals surface area contributed by atoms with Gasteiger partial charge in [-0.1, -0.05) is 13.8 Å². The molecule has 3 N–H and O–H groups in total. The van der Waals surface area contributed by atoms with Gasteiger partial charge in [-0.3, -0.25) is 4.99 Å². The summed E-state index contributed by atoms with van der Waals surface area (Å²) >= 11 is 0. The smallest absolute Gasteiger partial charge is 0.407 e. The largest absolute Gasteiger partial charge is 0.444 e. The van der Waals surface area contributed by atoms with Gasteiger partial charge in [0.15, 0.2) is 11.8 Å². The molecule has 1 aliphatic heterocycles. The van der Waals surface area contributed by atoms with Crippen LogP contribution in [0, 0.1) is 5.92 Å². The Balaban J connectivity index is 1.98. The molecule has 0 aromatic carbocycles. The first kappa shape index (κ1) is 24.9. The van der Waals surface area contributed by atoms with E-state index in [2.05, 4.69) is 39.9 Å². The third-order valence-corrected chi connectivity index (χ3v) is 4.81. The van der Waals surface area contributed by atoms with E-state index in [0.717, 1.165) is 37.7 Å². The highest BCUT2D eigenvalue weighted by Crippen LogP contribution is 2.14. The van der Waals surface area contributed by atoms with Crippen LogP contribution in [0.5, 0.6) is 0 Å². The summed E-state index contributed by atoms with van der Waals surface area (Å²) in [5, 5.41) is 14.3. The summed E-state index contributed by atoms with van der Waals surface area (Å²) in [6, 6.07) is 0.0638. The molecule has 1 aliphatic rings. The molecule has 31 heavy (non-hydrogen) atoms. The molecule has 10 nitrogen and oxygen atoms in total. The number of carbonyl (C=O) groups excluding carboxylic acids is 1. The molecule has 2 unspecified atom stereocenters. The molecule has 0 aliphatic carbocycles. The molecule has 0 radical (unpaired) electrons. The summed E-state index contributed by atoms with van der Waals surface area (Å²) in [5.74, 6) is 2.65. The van der Waals surface area contributed by atoms with Crippen LogP contribution in [-0.2, 0) is 29.0 Å². The first-order valence-corrected chi connectivity index (χ1v) is 11.1. The van der Waals surface area contributed by atoms with Crippen molar-refractivity contribution in [3.8, 4) is 0 Å². The number of hydrogen-bond acceptors (Lipinski definition) is 6. The molecule has 0 saturated carbocycles. The maximum absolute atomic E-state index is 12.2. The highest BCUT2D eigenvalue weighted by atomic mass is 16.6. The fourth-order valence-electron chi connectivity index (χ4n) is 3.25. The van der Waals surface area contributed by atoms with Crippen LogP contribution in [0.15, 0.2) is 4.99 Å². The number of nitrogens with zero attached hydrogens (tertiary/aromatic N) is 4. The summed E-state index contributed by atoms with van der Waals surface area (Å²) in [4.78, 5) is 21.4. The van der Waals surface area contributed by atoms with Gasteiger partial charge in [-0.2, -0.15) is 5.10 Å². The molecule has 176 valence electrons. The number of aromatic nitrogens is 3. The van der Waals surface area contributed by atoms with Crippen molar-refractivity contribution in [3.05, 3.63) is 11.6 Å². The van der Waals surface area contributed by atoms with E-state index in [9.17, 15) is 4.79 Å². The Labute approximate surface area is 185 Å². The molecule has 2 rings (SSSR count). The zero-order chi connectivity index (χ0) is 23.0. The van der Waals surface area contributed by atoms with Gasteiger partial charge in [0, 0.05) is 26.1 Å². The van der Waals surface area contributed by atoms with Gasteiger partial charge in [0.1, 0.15) is 18.0 Å². The second kappa shape index (κ2) is 11.3. The maximum atomic E-state index is 12.2. The number of ether oxygens (including phenoxy) is 2. The highest BCUT2D eigenvalue weighted by molar-refractivity contribution is 5.80. The lowest BCUT2D eigenvalue weighted by Crippen LogP contribution is -2.48. The summed E-state index contributed by atoms with van der Waals surface area (Å²) in [6.07, 6.45) is 1.37. The van der Waals surface area contributed by atoms with Gasteiger partial charge in [0.05, 0.1) is 19.1 Å². The molecule has 0 spiro atoms. The standard InChI is InChI=1S/C21H39N7O3/c1-8-22-19(23-11-16(14(2)3)25-20(29)31-21(4,5)6)24-15-9-10-18-26-17(13-30-7)27-28(18)12-15/h14-16H,8-13H2,1-7H3,(H,25,29)(H2,22,23,24). The number of fused-ring (bicyclic) bond motifs is 1. The highest BCUT2D eigenvalue weighted by Gasteiger charge is 2.24. The Hall–Kier alpha value is -2.36. The molecular formula is C21H39N7O3. The SMILES string of the molecule is CCNC(=NCC(NC(=O)OC(C)(C)C)C(C)C)NC1CCc2nc(COC)nn2C1. The molecule has 2 atom stereocenters. The van der Waals surface area contributed by atoms with E-state index in [4.69, 9.17) is 14.5 Å². The fraction of sp³-hybridized carbons (Fsp3) is 0.810. The van der Waals surface area contributed by atoms with Crippen LogP contribution in [0.2, 0.25) is 0 Å². The zero-order valence-electron chi connectivity index (χ0n) is 20.0. The summed E-state index contributed by atoms with van der Waals surface area (Å²) in [6.45, 7) is 14.0. The third kappa shape index (κ3) is 8.35. The first-order valence-electron chi connectivity index (χ1n) is 11.1. The van der Waals surface area contributed by atoms with Gasteiger partial charge >= 0.3 is 6.09 Å².